The van der Waals surface area contributed by atoms with Crippen LogP contribution in [0.5, 0.6) is 5.75 Å². The molecule has 0 amide bonds. The lowest BCUT2D eigenvalue weighted by molar-refractivity contribution is 0.291. The van der Waals surface area contributed by atoms with Crippen LogP contribution < -0.4 is 4.74 Å². The van der Waals surface area contributed by atoms with Gasteiger partial charge in [-0.1, -0.05) is 65.9 Å². The summed E-state index contributed by atoms with van der Waals surface area (Å²) in [4.78, 5) is 0. The lowest BCUT2D eigenvalue weighted by Crippen LogP contribution is -2.07. The molecule has 0 saturated heterocycles. The molecule has 0 radical (unpaired) electrons. The summed E-state index contributed by atoms with van der Waals surface area (Å²) >= 11 is 1.51. The molecule has 0 aliphatic rings. The lowest BCUT2D eigenvalue weighted by Gasteiger charge is -2.13. The number of thioether (sulfide) groups is 1. The summed E-state index contributed by atoms with van der Waals surface area (Å²) < 4.78 is 14.1. The summed E-state index contributed by atoms with van der Waals surface area (Å²) in [5, 5.41) is 18.0. The number of para-hydroxylation sites is 2. The average molecular weight is 484 g/mol. The Hall–Kier alpha value is -3.91. The van der Waals surface area contributed by atoms with Gasteiger partial charge in [-0.25, -0.2) is 0 Å². The van der Waals surface area contributed by atoms with Gasteiger partial charge in [0.1, 0.15) is 12.4 Å². The van der Waals surface area contributed by atoms with E-state index in [1.165, 1.54) is 17.3 Å². The van der Waals surface area contributed by atoms with Gasteiger partial charge >= 0.3 is 0 Å². The zero-order valence-corrected chi connectivity index (χ0v) is 20.6. The highest BCUT2D eigenvalue weighted by Gasteiger charge is 2.22. The third-order valence-electron chi connectivity index (χ3n) is 5.53. The van der Waals surface area contributed by atoms with Crippen molar-refractivity contribution in [2.24, 2.45) is 0 Å². The second kappa shape index (κ2) is 10.1. The van der Waals surface area contributed by atoms with Crippen LogP contribution in [0.1, 0.15) is 35.0 Å². The van der Waals surface area contributed by atoms with E-state index in [2.05, 4.69) is 20.4 Å². The SMILES string of the molecule is Cc1ccc(-c2nnc(C(C)Sc3nnc(COc4ccccc4C)n3-c3ccccc3)o2)cc1. The van der Waals surface area contributed by atoms with E-state index in [1.54, 1.807) is 0 Å². The van der Waals surface area contributed by atoms with Crippen molar-refractivity contribution in [3.8, 4) is 22.9 Å². The topological polar surface area (TPSA) is 78.9 Å². The summed E-state index contributed by atoms with van der Waals surface area (Å²) in [6, 6.07) is 26.0. The number of benzene rings is 3. The summed E-state index contributed by atoms with van der Waals surface area (Å²) in [5.41, 5.74) is 4.11. The van der Waals surface area contributed by atoms with Gasteiger partial charge in [-0.2, -0.15) is 0 Å². The summed E-state index contributed by atoms with van der Waals surface area (Å²) in [6.45, 7) is 6.38. The molecular formula is C27H25N5O2S. The normalized spacial score (nSPS) is 12.0. The van der Waals surface area contributed by atoms with Gasteiger partial charge in [0.05, 0.1) is 5.25 Å². The Morgan fingerprint density at radius 1 is 0.857 bits per heavy atom. The second-order valence-corrected chi connectivity index (χ2v) is 9.50. The van der Waals surface area contributed by atoms with Crippen LogP contribution in [0.15, 0.2) is 88.4 Å². The van der Waals surface area contributed by atoms with Crippen molar-refractivity contribution in [3.05, 3.63) is 102 Å². The molecule has 2 heterocycles. The van der Waals surface area contributed by atoms with Gasteiger partial charge in [0.25, 0.3) is 0 Å². The molecule has 0 saturated carbocycles. The average Bonchev–Trinajstić information content (AvgIpc) is 3.52. The number of nitrogens with zero attached hydrogens (tertiary/aromatic N) is 5. The van der Waals surface area contributed by atoms with Crippen molar-refractivity contribution in [3.63, 3.8) is 0 Å². The second-order valence-electron chi connectivity index (χ2n) is 8.20. The Balaban J connectivity index is 1.39. The minimum absolute atomic E-state index is 0.126. The third kappa shape index (κ3) is 5.12. The smallest absolute Gasteiger partial charge is 0.247 e. The first-order valence-electron chi connectivity index (χ1n) is 11.3. The van der Waals surface area contributed by atoms with E-state index in [1.807, 2.05) is 104 Å². The van der Waals surface area contributed by atoms with Crippen molar-refractivity contribution < 1.29 is 9.15 Å². The van der Waals surface area contributed by atoms with Crippen LogP contribution in [0.4, 0.5) is 0 Å². The molecule has 7 nitrogen and oxygen atoms in total. The first kappa shape index (κ1) is 22.9. The van der Waals surface area contributed by atoms with Crippen LogP contribution in [0.3, 0.4) is 0 Å². The van der Waals surface area contributed by atoms with Crippen LogP contribution in [-0.2, 0) is 6.61 Å². The fraction of sp³-hybridized carbons (Fsp3) is 0.185. The Morgan fingerprint density at radius 3 is 2.37 bits per heavy atom. The van der Waals surface area contributed by atoms with E-state index in [0.717, 1.165) is 27.7 Å². The van der Waals surface area contributed by atoms with Crippen LogP contribution >= 0.6 is 11.8 Å². The van der Waals surface area contributed by atoms with E-state index in [4.69, 9.17) is 9.15 Å². The van der Waals surface area contributed by atoms with Gasteiger partial charge in [0, 0.05) is 11.3 Å². The monoisotopic (exact) mass is 483 g/mol. The molecule has 0 bridgehead atoms. The number of hydrogen-bond acceptors (Lipinski definition) is 7. The van der Waals surface area contributed by atoms with Crippen molar-refractivity contribution >= 4 is 11.8 Å². The third-order valence-corrected chi connectivity index (χ3v) is 6.56. The Labute approximate surface area is 208 Å². The highest BCUT2D eigenvalue weighted by Crippen LogP contribution is 2.36. The zero-order valence-electron chi connectivity index (χ0n) is 19.8. The molecular weight excluding hydrogens is 458 g/mol. The van der Waals surface area contributed by atoms with Crippen LogP contribution in [0.2, 0.25) is 0 Å². The van der Waals surface area contributed by atoms with E-state index in [9.17, 15) is 0 Å². The molecule has 8 heteroatoms. The van der Waals surface area contributed by atoms with Crippen molar-refractivity contribution in [1.82, 2.24) is 25.0 Å². The summed E-state index contributed by atoms with van der Waals surface area (Å²) in [6.07, 6.45) is 0. The maximum Gasteiger partial charge on any atom is 0.247 e. The fourth-order valence-corrected chi connectivity index (χ4v) is 4.50. The van der Waals surface area contributed by atoms with Crippen molar-refractivity contribution in [1.29, 1.82) is 0 Å². The fourth-order valence-electron chi connectivity index (χ4n) is 3.59. The molecule has 0 N–H and O–H groups in total. The molecule has 0 aliphatic heterocycles. The van der Waals surface area contributed by atoms with E-state index >= 15 is 0 Å². The number of ether oxygens (including phenoxy) is 1. The first-order valence-corrected chi connectivity index (χ1v) is 12.2. The predicted molar refractivity (Wildman–Crippen MR) is 136 cm³/mol. The molecule has 1 atom stereocenters. The molecule has 0 spiro atoms. The molecule has 3 aromatic carbocycles. The predicted octanol–water partition coefficient (Wildman–Crippen LogP) is 6.37. The Kier molecular flexibility index (Phi) is 6.63. The van der Waals surface area contributed by atoms with Crippen LogP contribution in [-0.4, -0.2) is 25.0 Å². The number of rotatable bonds is 8. The number of aryl methyl sites for hydroxylation is 2. The van der Waals surface area contributed by atoms with Gasteiger partial charge in [-0.3, -0.25) is 4.57 Å². The molecule has 0 aliphatic carbocycles. The molecule has 5 rings (SSSR count). The highest BCUT2D eigenvalue weighted by molar-refractivity contribution is 7.99. The van der Waals surface area contributed by atoms with Gasteiger partial charge < -0.3 is 9.15 Å². The molecule has 176 valence electrons. The molecule has 1 unspecified atom stereocenters. The van der Waals surface area contributed by atoms with Crippen LogP contribution in [0.25, 0.3) is 17.1 Å². The first-order chi connectivity index (χ1) is 17.1. The van der Waals surface area contributed by atoms with Gasteiger partial charge in [0.15, 0.2) is 11.0 Å². The Morgan fingerprint density at radius 2 is 1.60 bits per heavy atom. The molecule has 2 aromatic heterocycles. The van der Waals surface area contributed by atoms with E-state index in [-0.39, 0.29) is 5.25 Å². The summed E-state index contributed by atoms with van der Waals surface area (Å²) in [5.74, 6) is 2.57. The minimum atomic E-state index is -0.126. The van der Waals surface area contributed by atoms with Gasteiger partial charge in [-0.05, 0) is 56.7 Å². The van der Waals surface area contributed by atoms with Crippen LogP contribution in [0, 0.1) is 13.8 Å². The van der Waals surface area contributed by atoms with Crippen molar-refractivity contribution in [2.75, 3.05) is 0 Å². The van der Waals surface area contributed by atoms with Crippen molar-refractivity contribution in [2.45, 2.75) is 37.8 Å². The highest BCUT2D eigenvalue weighted by atomic mass is 32.2. The Bertz CT molecular complexity index is 1410. The lowest BCUT2D eigenvalue weighted by atomic mass is 10.1. The van der Waals surface area contributed by atoms with Gasteiger partial charge in [0.2, 0.25) is 11.8 Å². The zero-order chi connectivity index (χ0) is 24.2. The minimum Gasteiger partial charge on any atom is -0.485 e. The maximum atomic E-state index is 6.08. The number of hydrogen-bond donors (Lipinski definition) is 0. The van der Waals surface area contributed by atoms with E-state index in [0.29, 0.717) is 24.2 Å². The maximum absolute atomic E-state index is 6.08. The standard InChI is InChI=1S/C27H25N5O2S/c1-18-13-15-21(16-14-18)26-30-29-25(34-26)20(3)35-27-31-28-24(32(27)22-10-5-4-6-11-22)17-33-23-12-8-7-9-19(23)2/h4-16,20H,17H2,1-3H3. The molecule has 5 aromatic rings. The largest absolute Gasteiger partial charge is 0.485 e. The molecule has 35 heavy (non-hydrogen) atoms. The number of aromatic nitrogens is 5. The van der Waals surface area contributed by atoms with E-state index < -0.39 is 0 Å². The quantitative estimate of drug-likeness (QED) is 0.237. The molecule has 0 fully saturated rings. The summed E-state index contributed by atoms with van der Waals surface area (Å²) in [7, 11) is 0. The van der Waals surface area contributed by atoms with Gasteiger partial charge in [-0.15, -0.1) is 20.4 Å².